The topological polar surface area (TPSA) is 44.2 Å². The quantitative estimate of drug-likeness (QED) is 0.521. The molecule has 0 unspecified atom stereocenters. The van der Waals surface area contributed by atoms with Crippen molar-refractivity contribution in [3.05, 3.63) is 89.5 Å². The van der Waals surface area contributed by atoms with Crippen LogP contribution in [0.5, 0.6) is 0 Å². The van der Waals surface area contributed by atoms with Crippen LogP contribution >= 0.6 is 0 Å². The summed E-state index contributed by atoms with van der Waals surface area (Å²) in [6, 6.07) is 21.5. The number of hydrogen-bond acceptors (Lipinski definition) is 3. The van der Waals surface area contributed by atoms with Crippen LogP contribution in [-0.2, 0) is 6.42 Å². The molecule has 2 aromatic carbocycles. The van der Waals surface area contributed by atoms with Crippen molar-refractivity contribution in [1.29, 1.82) is 0 Å². The predicted octanol–water partition coefficient (Wildman–Crippen LogP) is 4.83. The lowest BCUT2D eigenvalue weighted by Crippen LogP contribution is -2.45. The smallest absolute Gasteiger partial charge is 0.141 e. The second-order valence-electron chi connectivity index (χ2n) is 7.10. The predicted molar refractivity (Wildman–Crippen MR) is 102 cm³/mol. The molecule has 0 saturated carbocycles. The normalized spacial score (nSPS) is 21.7. The fourth-order valence-electron chi connectivity index (χ4n) is 4.65. The summed E-state index contributed by atoms with van der Waals surface area (Å²) in [5.74, 6) is 0.962. The van der Waals surface area contributed by atoms with Gasteiger partial charge in [-0.1, -0.05) is 36.4 Å². The van der Waals surface area contributed by atoms with Crippen molar-refractivity contribution in [2.75, 3.05) is 11.9 Å². The standard InChI is InChI=1S/C22H19N3O/c1-3-8-17-14(6-1)15-11-12-25-21(20(15)23-17)16-7-2-4-9-18(16)24-22(25)19-10-5-13-26-19/h1-10,13,21-24H,11-12H2/t21-,22-/m0/s1. The van der Waals surface area contributed by atoms with E-state index < -0.39 is 0 Å². The number of benzene rings is 2. The summed E-state index contributed by atoms with van der Waals surface area (Å²) >= 11 is 0. The van der Waals surface area contributed by atoms with Gasteiger partial charge in [0.1, 0.15) is 11.9 Å². The molecule has 0 bridgehead atoms. The largest absolute Gasteiger partial charge is 0.466 e. The zero-order valence-electron chi connectivity index (χ0n) is 14.3. The van der Waals surface area contributed by atoms with Crippen molar-refractivity contribution in [1.82, 2.24) is 9.88 Å². The maximum Gasteiger partial charge on any atom is 0.141 e. The van der Waals surface area contributed by atoms with Crippen LogP contribution in [0.25, 0.3) is 10.9 Å². The second-order valence-corrected chi connectivity index (χ2v) is 7.10. The molecule has 4 heteroatoms. The second kappa shape index (κ2) is 5.26. The van der Waals surface area contributed by atoms with Crippen LogP contribution in [0.2, 0.25) is 0 Å². The van der Waals surface area contributed by atoms with E-state index >= 15 is 0 Å². The molecular formula is C22H19N3O. The summed E-state index contributed by atoms with van der Waals surface area (Å²) < 4.78 is 5.77. The third kappa shape index (κ3) is 1.88. The average molecular weight is 341 g/mol. The fourth-order valence-corrected chi connectivity index (χ4v) is 4.65. The maximum atomic E-state index is 5.77. The number of hydrogen-bond donors (Lipinski definition) is 2. The first-order valence-electron chi connectivity index (χ1n) is 9.14. The zero-order chi connectivity index (χ0) is 17.1. The Labute approximate surface area is 151 Å². The fraction of sp³-hybridized carbons (Fsp3) is 0.182. The minimum absolute atomic E-state index is 0.0458. The van der Waals surface area contributed by atoms with Gasteiger partial charge in [0.2, 0.25) is 0 Å². The summed E-state index contributed by atoms with van der Waals surface area (Å²) in [7, 11) is 0. The van der Waals surface area contributed by atoms with Gasteiger partial charge in [-0.05, 0) is 41.8 Å². The molecule has 4 aromatic rings. The molecule has 0 radical (unpaired) electrons. The monoisotopic (exact) mass is 341 g/mol. The van der Waals surface area contributed by atoms with Gasteiger partial charge >= 0.3 is 0 Å². The Bertz CT molecular complexity index is 1100. The van der Waals surface area contributed by atoms with E-state index in [-0.39, 0.29) is 12.2 Å². The Morgan fingerprint density at radius 1 is 0.962 bits per heavy atom. The van der Waals surface area contributed by atoms with Gasteiger partial charge in [0.05, 0.1) is 12.3 Å². The Morgan fingerprint density at radius 2 is 1.85 bits per heavy atom. The minimum atomic E-state index is 0.0458. The first-order chi connectivity index (χ1) is 12.9. The van der Waals surface area contributed by atoms with Gasteiger partial charge in [0.15, 0.2) is 0 Å². The van der Waals surface area contributed by atoms with Crippen molar-refractivity contribution >= 4 is 16.6 Å². The molecule has 128 valence electrons. The molecule has 0 spiro atoms. The lowest BCUT2D eigenvalue weighted by molar-refractivity contribution is 0.135. The molecule has 4 nitrogen and oxygen atoms in total. The van der Waals surface area contributed by atoms with Crippen LogP contribution in [0.1, 0.15) is 34.8 Å². The number of fused-ring (bicyclic) bond motifs is 7. The molecule has 26 heavy (non-hydrogen) atoms. The first-order valence-corrected chi connectivity index (χ1v) is 9.14. The first kappa shape index (κ1) is 14.2. The van der Waals surface area contributed by atoms with Crippen LogP contribution in [0.15, 0.2) is 71.3 Å². The minimum Gasteiger partial charge on any atom is -0.466 e. The summed E-state index contributed by atoms with van der Waals surface area (Å²) in [6.07, 6.45) is 2.84. The van der Waals surface area contributed by atoms with Gasteiger partial charge < -0.3 is 14.7 Å². The van der Waals surface area contributed by atoms with Crippen molar-refractivity contribution in [3.63, 3.8) is 0 Å². The molecule has 2 aliphatic rings. The van der Waals surface area contributed by atoms with E-state index in [1.54, 1.807) is 6.26 Å². The molecular weight excluding hydrogens is 322 g/mol. The molecule has 2 atom stereocenters. The SMILES string of the molecule is c1coc([C@H]2Nc3ccccc3[C@H]3c4[nH]c5ccccc5c4CCN32)c1. The lowest BCUT2D eigenvalue weighted by Gasteiger charge is -2.45. The van der Waals surface area contributed by atoms with Gasteiger partial charge in [-0.15, -0.1) is 0 Å². The van der Waals surface area contributed by atoms with Crippen LogP contribution in [0, 0.1) is 0 Å². The molecule has 0 saturated heterocycles. The number of para-hydroxylation sites is 2. The van der Waals surface area contributed by atoms with Crippen LogP contribution < -0.4 is 5.32 Å². The molecule has 0 amide bonds. The van der Waals surface area contributed by atoms with Crippen molar-refractivity contribution in [2.24, 2.45) is 0 Å². The number of H-pyrrole nitrogens is 1. The Morgan fingerprint density at radius 3 is 2.77 bits per heavy atom. The molecule has 0 fully saturated rings. The van der Waals surface area contributed by atoms with Crippen LogP contribution in [0.3, 0.4) is 0 Å². The third-order valence-corrected chi connectivity index (χ3v) is 5.76. The lowest BCUT2D eigenvalue weighted by atomic mass is 9.89. The number of aromatic amines is 1. The highest BCUT2D eigenvalue weighted by atomic mass is 16.3. The van der Waals surface area contributed by atoms with Crippen molar-refractivity contribution in [3.8, 4) is 0 Å². The summed E-state index contributed by atoms with van der Waals surface area (Å²) in [5, 5.41) is 5.04. The van der Waals surface area contributed by atoms with Gasteiger partial charge in [0, 0.05) is 28.8 Å². The molecule has 2 aliphatic heterocycles. The van der Waals surface area contributed by atoms with Crippen LogP contribution in [-0.4, -0.2) is 16.4 Å². The van der Waals surface area contributed by atoms with Gasteiger partial charge in [-0.25, -0.2) is 0 Å². The highest BCUT2D eigenvalue weighted by Gasteiger charge is 2.41. The van der Waals surface area contributed by atoms with E-state index in [4.69, 9.17) is 4.42 Å². The number of aromatic nitrogens is 1. The van der Waals surface area contributed by atoms with E-state index in [2.05, 4.69) is 69.8 Å². The number of furan rings is 1. The summed E-state index contributed by atoms with van der Waals surface area (Å²) in [5.41, 5.74) is 6.51. The van der Waals surface area contributed by atoms with E-state index in [1.165, 1.54) is 33.4 Å². The summed E-state index contributed by atoms with van der Waals surface area (Å²) in [4.78, 5) is 6.23. The Hall–Kier alpha value is -2.98. The van der Waals surface area contributed by atoms with E-state index in [1.807, 2.05) is 6.07 Å². The zero-order valence-corrected chi connectivity index (χ0v) is 14.3. The van der Waals surface area contributed by atoms with Gasteiger partial charge in [-0.2, -0.15) is 0 Å². The van der Waals surface area contributed by atoms with E-state index in [9.17, 15) is 0 Å². The highest BCUT2D eigenvalue weighted by Crippen LogP contribution is 2.47. The number of rotatable bonds is 1. The number of nitrogens with one attached hydrogen (secondary N) is 2. The Balaban J connectivity index is 1.59. The Kier molecular flexibility index (Phi) is 2.87. The molecule has 0 aliphatic carbocycles. The summed E-state index contributed by atoms with van der Waals surface area (Å²) in [6.45, 7) is 0.992. The van der Waals surface area contributed by atoms with Gasteiger partial charge in [-0.3, -0.25) is 4.90 Å². The highest BCUT2D eigenvalue weighted by molar-refractivity contribution is 5.85. The molecule has 2 aromatic heterocycles. The maximum absolute atomic E-state index is 5.77. The van der Waals surface area contributed by atoms with E-state index in [0.29, 0.717) is 0 Å². The molecule has 6 rings (SSSR count). The van der Waals surface area contributed by atoms with Gasteiger partial charge in [0.25, 0.3) is 0 Å². The third-order valence-electron chi connectivity index (χ3n) is 5.76. The molecule has 4 heterocycles. The number of nitrogens with zero attached hydrogens (tertiary/aromatic N) is 1. The van der Waals surface area contributed by atoms with Crippen molar-refractivity contribution in [2.45, 2.75) is 18.6 Å². The van der Waals surface area contributed by atoms with Crippen molar-refractivity contribution < 1.29 is 4.42 Å². The average Bonchev–Trinajstić information content (AvgIpc) is 3.34. The van der Waals surface area contributed by atoms with Crippen LogP contribution in [0.4, 0.5) is 5.69 Å². The van der Waals surface area contributed by atoms with E-state index in [0.717, 1.165) is 18.7 Å². The number of anilines is 1. The molecule has 2 N–H and O–H groups in total.